The Morgan fingerprint density at radius 3 is 2.59 bits per heavy atom. The van der Waals surface area contributed by atoms with Crippen molar-refractivity contribution in [2.45, 2.75) is 44.6 Å². The first-order chi connectivity index (χ1) is 13.9. The quantitative estimate of drug-likeness (QED) is 0.728. The van der Waals surface area contributed by atoms with Crippen molar-refractivity contribution in [1.82, 2.24) is 10.6 Å². The van der Waals surface area contributed by atoms with Gasteiger partial charge in [-0.2, -0.15) is 0 Å². The van der Waals surface area contributed by atoms with E-state index < -0.39 is 42.2 Å². The Balaban J connectivity index is 1.43. The number of rotatable bonds is 5. The van der Waals surface area contributed by atoms with Gasteiger partial charge in [-0.25, -0.2) is 9.18 Å². The number of amides is 4. The summed E-state index contributed by atoms with van der Waals surface area (Å²) in [4.78, 5) is 49.2. The molecule has 1 saturated carbocycles. The number of nitrogens with one attached hydrogen (secondary N) is 2. The Morgan fingerprint density at radius 1 is 1.14 bits per heavy atom. The third kappa shape index (κ3) is 5.52. The van der Waals surface area contributed by atoms with E-state index in [1.165, 1.54) is 23.1 Å². The van der Waals surface area contributed by atoms with Crippen LogP contribution in [0.15, 0.2) is 24.3 Å². The maximum absolute atomic E-state index is 13.9. The van der Waals surface area contributed by atoms with E-state index in [0.29, 0.717) is 0 Å². The van der Waals surface area contributed by atoms with Crippen LogP contribution >= 0.6 is 0 Å². The van der Waals surface area contributed by atoms with Crippen molar-refractivity contribution >= 4 is 29.5 Å². The minimum atomic E-state index is -0.800. The highest BCUT2D eigenvalue weighted by Gasteiger charge is 2.37. The molecule has 1 aromatic carbocycles. The maximum Gasteiger partial charge on any atom is 0.321 e. The molecule has 156 valence electrons. The van der Waals surface area contributed by atoms with Crippen LogP contribution in [0.4, 0.5) is 14.9 Å². The Kier molecular flexibility index (Phi) is 6.79. The summed E-state index contributed by atoms with van der Waals surface area (Å²) in [6.45, 7) is -0.649. The first-order valence-corrected chi connectivity index (χ1v) is 9.76. The van der Waals surface area contributed by atoms with Crippen molar-refractivity contribution in [1.29, 1.82) is 0 Å². The van der Waals surface area contributed by atoms with Crippen molar-refractivity contribution in [3.8, 4) is 0 Å². The number of esters is 1. The van der Waals surface area contributed by atoms with Gasteiger partial charge in [-0.05, 0) is 25.0 Å². The predicted molar refractivity (Wildman–Crippen MR) is 101 cm³/mol. The van der Waals surface area contributed by atoms with E-state index in [0.717, 1.165) is 32.1 Å². The summed E-state index contributed by atoms with van der Waals surface area (Å²) < 4.78 is 18.8. The van der Waals surface area contributed by atoms with Crippen LogP contribution in [0, 0.1) is 11.7 Å². The number of para-hydroxylation sites is 1. The van der Waals surface area contributed by atoms with Gasteiger partial charge in [0.25, 0.3) is 5.91 Å². The van der Waals surface area contributed by atoms with Gasteiger partial charge in [-0.3, -0.25) is 19.7 Å². The summed E-state index contributed by atoms with van der Waals surface area (Å²) >= 11 is 0. The second-order valence-electron chi connectivity index (χ2n) is 7.32. The molecule has 1 heterocycles. The van der Waals surface area contributed by atoms with Crippen LogP contribution in [0.5, 0.6) is 0 Å². The van der Waals surface area contributed by atoms with Gasteiger partial charge in [-0.15, -0.1) is 0 Å². The minimum absolute atomic E-state index is 0.0254. The number of nitrogens with zero attached hydrogens (tertiary/aromatic N) is 1. The summed E-state index contributed by atoms with van der Waals surface area (Å²) in [6.07, 6.45) is 4.86. The van der Waals surface area contributed by atoms with Crippen LogP contribution in [-0.4, -0.2) is 43.0 Å². The number of hydrogen-bond donors (Lipinski definition) is 2. The van der Waals surface area contributed by atoms with Crippen molar-refractivity contribution in [3.05, 3.63) is 30.1 Å². The zero-order chi connectivity index (χ0) is 20.8. The van der Waals surface area contributed by atoms with Crippen molar-refractivity contribution < 1.29 is 28.3 Å². The molecule has 2 fully saturated rings. The number of carbonyl (C=O) groups excluding carboxylic acids is 4. The lowest BCUT2D eigenvalue weighted by atomic mass is 9.96. The van der Waals surface area contributed by atoms with Crippen LogP contribution in [0.25, 0.3) is 0 Å². The Bertz CT molecular complexity index is 794. The van der Waals surface area contributed by atoms with E-state index >= 15 is 0 Å². The van der Waals surface area contributed by atoms with E-state index in [1.807, 2.05) is 0 Å². The lowest BCUT2D eigenvalue weighted by Crippen LogP contribution is -2.46. The fourth-order valence-corrected chi connectivity index (χ4v) is 3.65. The molecule has 0 bridgehead atoms. The normalized spacial score (nSPS) is 19.7. The first kappa shape index (κ1) is 20.8. The summed E-state index contributed by atoms with van der Waals surface area (Å²) in [5.74, 6) is -3.24. The van der Waals surface area contributed by atoms with E-state index in [1.54, 1.807) is 6.07 Å². The number of hydrogen-bond acceptors (Lipinski definition) is 5. The molecule has 3 rings (SSSR count). The summed E-state index contributed by atoms with van der Waals surface area (Å²) in [5.41, 5.74) is 0.102. The molecule has 0 radical (unpaired) electrons. The molecular formula is C20H24FN3O5. The number of imide groups is 1. The molecular weight excluding hydrogens is 381 g/mol. The smallest absolute Gasteiger partial charge is 0.321 e. The molecule has 1 aliphatic heterocycles. The standard InChI is InChI=1S/C20H24FN3O5/c21-15-8-4-5-9-16(15)24-11-13(10-18(24)26)19(27)29-12-17(25)23-20(28)22-14-6-2-1-3-7-14/h4-5,8-9,13-14H,1-3,6-7,10-12H2,(H2,22,23,25,28)/t13-/m0/s1. The van der Waals surface area contributed by atoms with Crippen LogP contribution in [0.2, 0.25) is 0 Å². The van der Waals surface area contributed by atoms with E-state index in [2.05, 4.69) is 10.6 Å². The zero-order valence-electron chi connectivity index (χ0n) is 16.0. The summed E-state index contributed by atoms with van der Waals surface area (Å²) in [6, 6.07) is 5.23. The molecule has 8 nitrogen and oxygen atoms in total. The topological polar surface area (TPSA) is 105 Å². The Morgan fingerprint density at radius 2 is 1.86 bits per heavy atom. The van der Waals surface area contributed by atoms with Gasteiger partial charge >= 0.3 is 12.0 Å². The monoisotopic (exact) mass is 405 g/mol. The number of carbonyl (C=O) groups is 4. The lowest BCUT2D eigenvalue weighted by molar-refractivity contribution is -0.152. The number of ether oxygens (including phenoxy) is 1. The van der Waals surface area contributed by atoms with Gasteiger partial charge in [-0.1, -0.05) is 31.4 Å². The number of anilines is 1. The van der Waals surface area contributed by atoms with Gasteiger partial charge in [0.15, 0.2) is 6.61 Å². The highest BCUT2D eigenvalue weighted by molar-refractivity contribution is 6.00. The third-order valence-corrected chi connectivity index (χ3v) is 5.14. The van der Waals surface area contributed by atoms with Gasteiger partial charge in [0.1, 0.15) is 5.82 Å². The predicted octanol–water partition coefficient (Wildman–Crippen LogP) is 1.88. The van der Waals surface area contributed by atoms with E-state index in [9.17, 15) is 23.6 Å². The van der Waals surface area contributed by atoms with Crippen LogP contribution in [-0.2, 0) is 19.1 Å². The highest BCUT2D eigenvalue weighted by atomic mass is 19.1. The third-order valence-electron chi connectivity index (χ3n) is 5.14. The average Bonchev–Trinajstić information content (AvgIpc) is 3.08. The molecule has 1 aromatic rings. The largest absolute Gasteiger partial charge is 0.455 e. The van der Waals surface area contributed by atoms with Gasteiger partial charge in [0.05, 0.1) is 11.6 Å². The molecule has 1 saturated heterocycles. The second kappa shape index (κ2) is 9.49. The Hall–Kier alpha value is -2.97. The second-order valence-corrected chi connectivity index (χ2v) is 7.32. The fraction of sp³-hybridized carbons (Fsp3) is 0.500. The summed E-state index contributed by atoms with van der Waals surface area (Å²) in [7, 11) is 0. The highest BCUT2D eigenvalue weighted by Crippen LogP contribution is 2.27. The first-order valence-electron chi connectivity index (χ1n) is 9.76. The van der Waals surface area contributed by atoms with Crippen molar-refractivity contribution in [2.75, 3.05) is 18.1 Å². The molecule has 2 aliphatic rings. The molecule has 0 aromatic heterocycles. The summed E-state index contributed by atoms with van der Waals surface area (Å²) in [5, 5.41) is 4.86. The maximum atomic E-state index is 13.9. The SMILES string of the molecule is O=C(COC(=O)[C@H]1CC(=O)N(c2ccccc2F)C1)NC(=O)NC1CCCCC1. The lowest BCUT2D eigenvalue weighted by Gasteiger charge is -2.22. The molecule has 1 atom stereocenters. The zero-order valence-corrected chi connectivity index (χ0v) is 16.0. The van der Waals surface area contributed by atoms with E-state index in [4.69, 9.17) is 4.74 Å². The average molecular weight is 405 g/mol. The van der Waals surface area contributed by atoms with E-state index in [-0.39, 0.29) is 24.7 Å². The molecule has 0 spiro atoms. The molecule has 4 amide bonds. The van der Waals surface area contributed by atoms with Crippen LogP contribution in [0.3, 0.4) is 0 Å². The molecule has 0 unspecified atom stereocenters. The van der Waals surface area contributed by atoms with Crippen LogP contribution < -0.4 is 15.5 Å². The van der Waals surface area contributed by atoms with Gasteiger partial charge in [0.2, 0.25) is 5.91 Å². The molecule has 1 aliphatic carbocycles. The number of benzene rings is 1. The number of urea groups is 1. The molecule has 2 N–H and O–H groups in total. The Labute approximate surface area is 167 Å². The van der Waals surface area contributed by atoms with Crippen molar-refractivity contribution in [3.63, 3.8) is 0 Å². The number of halogens is 1. The molecule has 29 heavy (non-hydrogen) atoms. The molecule has 9 heteroatoms. The van der Waals surface area contributed by atoms with Crippen molar-refractivity contribution in [2.24, 2.45) is 5.92 Å². The minimum Gasteiger partial charge on any atom is -0.455 e. The fourth-order valence-electron chi connectivity index (χ4n) is 3.65. The van der Waals surface area contributed by atoms with Gasteiger partial charge < -0.3 is 15.0 Å². The van der Waals surface area contributed by atoms with Crippen LogP contribution in [0.1, 0.15) is 38.5 Å². The van der Waals surface area contributed by atoms with Gasteiger partial charge in [0, 0.05) is 19.0 Å².